The maximum atomic E-state index is 12.5. The number of rotatable bonds is 8. The number of nitrogens with one attached hydrogen (secondary N) is 2. The molecule has 0 saturated carbocycles. The zero-order valence-electron chi connectivity index (χ0n) is 18.9. The molecule has 0 atom stereocenters. The van der Waals surface area contributed by atoms with E-state index in [1.165, 1.54) is 6.42 Å². The molecule has 0 radical (unpaired) electrons. The van der Waals surface area contributed by atoms with Gasteiger partial charge in [-0.15, -0.1) is 0 Å². The summed E-state index contributed by atoms with van der Waals surface area (Å²) < 4.78 is 27.7. The van der Waals surface area contributed by atoms with Crippen molar-refractivity contribution in [1.82, 2.24) is 19.6 Å². The van der Waals surface area contributed by atoms with E-state index in [9.17, 15) is 8.42 Å². The number of aryl methyl sites for hydroxylation is 1. The molecule has 1 saturated heterocycles. The molecule has 1 aromatic carbocycles. The summed E-state index contributed by atoms with van der Waals surface area (Å²) in [5, 5.41) is 3.34. The normalized spacial score (nSPS) is 17.6. The van der Waals surface area contributed by atoms with Gasteiger partial charge >= 0.3 is 0 Å². The maximum absolute atomic E-state index is 12.5. The first-order valence-corrected chi connectivity index (χ1v) is 13.2. The first-order chi connectivity index (χ1) is 15.5. The Kier molecular flexibility index (Phi) is 7.59. The molecule has 0 bridgehead atoms. The number of likely N-dealkylation sites (N-methyl/N-ethyl adjacent to an activating group) is 1. The molecule has 4 rings (SSSR count). The van der Waals surface area contributed by atoms with E-state index in [4.69, 9.17) is 9.97 Å². The van der Waals surface area contributed by atoms with E-state index >= 15 is 0 Å². The van der Waals surface area contributed by atoms with Crippen LogP contribution in [0, 0.1) is 0 Å². The highest BCUT2D eigenvalue weighted by molar-refractivity contribution is 7.89. The number of aromatic nitrogens is 2. The van der Waals surface area contributed by atoms with Crippen LogP contribution in [0.2, 0.25) is 0 Å². The van der Waals surface area contributed by atoms with Crippen LogP contribution in [0.15, 0.2) is 30.3 Å². The van der Waals surface area contributed by atoms with Crippen LogP contribution >= 0.6 is 0 Å². The van der Waals surface area contributed by atoms with Crippen LogP contribution in [0.1, 0.15) is 36.1 Å². The lowest BCUT2D eigenvalue weighted by Gasteiger charge is -2.33. The number of piperazine rings is 1. The Morgan fingerprint density at radius 1 is 0.969 bits per heavy atom. The van der Waals surface area contributed by atoms with Gasteiger partial charge in [0.1, 0.15) is 5.82 Å². The summed E-state index contributed by atoms with van der Waals surface area (Å²) in [6.45, 7) is 4.43. The number of hydrogen-bond acceptors (Lipinski definition) is 7. The van der Waals surface area contributed by atoms with Gasteiger partial charge in [-0.1, -0.05) is 36.8 Å². The third kappa shape index (κ3) is 6.17. The smallest absolute Gasteiger partial charge is 0.227 e. The molecule has 2 N–H and O–H groups in total. The first-order valence-electron chi connectivity index (χ1n) is 11.6. The van der Waals surface area contributed by atoms with Crippen molar-refractivity contribution in [3.63, 3.8) is 0 Å². The molecule has 9 heteroatoms. The van der Waals surface area contributed by atoms with Gasteiger partial charge in [-0.3, -0.25) is 0 Å². The molecule has 1 aliphatic heterocycles. The average molecular weight is 459 g/mol. The van der Waals surface area contributed by atoms with Crippen LogP contribution in [0.25, 0.3) is 0 Å². The summed E-state index contributed by atoms with van der Waals surface area (Å²) in [6, 6.07) is 9.56. The molecule has 32 heavy (non-hydrogen) atoms. The third-order valence-electron chi connectivity index (χ3n) is 6.21. The Morgan fingerprint density at radius 3 is 2.50 bits per heavy atom. The summed E-state index contributed by atoms with van der Waals surface area (Å²) in [7, 11) is -1.25. The highest BCUT2D eigenvalue weighted by Crippen LogP contribution is 2.27. The average Bonchev–Trinajstić information content (AvgIpc) is 3.04. The highest BCUT2D eigenvalue weighted by atomic mass is 32.2. The van der Waals surface area contributed by atoms with Gasteiger partial charge < -0.3 is 15.1 Å². The molecule has 0 spiro atoms. The van der Waals surface area contributed by atoms with Crippen molar-refractivity contribution in [2.24, 2.45) is 0 Å². The fourth-order valence-corrected chi connectivity index (χ4v) is 5.12. The van der Waals surface area contributed by atoms with Crippen LogP contribution in [-0.2, 0) is 29.4 Å². The fraction of sp³-hybridized carbons (Fsp3) is 0.565. The minimum atomic E-state index is -3.39. The lowest BCUT2D eigenvalue weighted by Crippen LogP contribution is -2.45. The number of fused-ring (bicyclic) bond motifs is 1. The lowest BCUT2D eigenvalue weighted by molar-refractivity contribution is 0.311. The van der Waals surface area contributed by atoms with Gasteiger partial charge in [0.25, 0.3) is 0 Å². The van der Waals surface area contributed by atoms with Crippen molar-refractivity contribution in [3.05, 3.63) is 47.2 Å². The van der Waals surface area contributed by atoms with Gasteiger partial charge in [-0.25, -0.2) is 18.1 Å². The molecule has 0 unspecified atom stereocenters. The van der Waals surface area contributed by atoms with Gasteiger partial charge in [-0.2, -0.15) is 4.98 Å². The van der Waals surface area contributed by atoms with Gasteiger partial charge in [0.15, 0.2) is 0 Å². The van der Waals surface area contributed by atoms with Crippen molar-refractivity contribution >= 4 is 21.8 Å². The highest BCUT2D eigenvalue weighted by Gasteiger charge is 2.22. The van der Waals surface area contributed by atoms with E-state index < -0.39 is 10.0 Å². The quantitative estimate of drug-likeness (QED) is 0.585. The van der Waals surface area contributed by atoms with Gasteiger partial charge in [0, 0.05) is 44.8 Å². The minimum absolute atomic E-state index is 0.00243. The number of anilines is 2. The molecule has 1 aliphatic carbocycles. The predicted molar refractivity (Wildman–Crippen MR) is 129 cm³/mol. The fourth-order valence-electron chi connectivity index (χ4n) is 4.22. The largest absolute Gasteiger partial charge is 0.369 e. The SMILES string of the molecule is CN1CCN(c2nc3c(c(NCCS(=O)(=O)NCc4ccccc4)n2)CCCCC3)CC1. The summed E-state index contributed by atoms with van der Waals surface area (Å²) in [6.07, 6.45) is 5.36. The van der Waals surface area contributed by atoms with Crippen LogP contribution in [0.4, 0.5) is 11.8 Å². The molecular weight excluding hydrogens is 424 g/mol. The first kappa shape index (κ1) is 22.9. The number of nitrogens with zero attached hydrogens (tertiary/aromatic N) is 4. The van der Waals surface area contributed by atoms with Gasteiger partial charge in [0.2, 0.25) is 16.0 Å². The molecule has 2 heterocycles. The van der Waals surface area contributed by atoms with Crippen LogP contribution in [-0.4, -0.2) is 68.8 Å². The van der Waals surface area contributed by atoms with E-state index in [1.54, 1.807) is 0 Å². The zero-order chi connectivity index (χ0) is 22.4. The summed E-state index contributed by atoms with van der Waals surface area (Å²) in [5.41, 5.74) is 3.23. The van der Waals surface area contributed by atoms with E-state index in [-0.39, 0.29) is 5.75 Å². The van der Waals surface area contributed by atoms with E-state index in [2.05, 4.69) is 26.9 Å². The molecular formula is C23H34N6O2S. The summed E-state index contributed by atoms with van der Waals surface area (Å²) in [4.78, 5) is 14.3. The van der Waals surface area contributed by atoms with Gasteiger partial charge in [-0.05, 0) is 38.3 Å². The molecule has 174 valence electrons. The van der Waals surface area contributed by atoms with Crippen LogP contribution in [0.3, 0.4) is 0 Å². The Labute approximate surface area is 191 Å². The standard InChI is InChI=1S/C23H34N6O2S/c1-28-13-15-29(16-14-28)23-26-21-11-7-3-6-10-20(21)22(27-23)24-12-17-32(30,31)25-18-19-8-4-2-5-9-19/h2,4-5,8-9,25H,3,6-7,10-18H2,1H3,(H,24,26,27). The zero-order valence-corrected chi connectivity index (χ0v) is 19.7. The second-order valence-electron chi connectivity index (χ2n) is 8.70. The van der Waals surface area contributed by atoms with Crippen molar-refractivity contribution in [1.29, 1.82) is 0 Å². The summed E-state index contributed by atoms with van der Waals surface area (Å²) >= 11 is 0. The molecule has 2 aromatic rings. The topological polar surface area (TPSA) is 90.5 Å². The Balaban J connectivity index is 1.43. The Bertz CT molecular complexity index is 991. The second-order valence-corrected chi connectivity index (χ2v) is 10.6. The van der Waals surface area contributed by atoms with Crippen LogP contribution < -0.4 is 14.9 Å². The number of hydrogen-bond donors (Lipinski definition) is 2. The van der Waals surface area contributed by atoms with E-state index in [0.717, 1.165) is 80.4 Å². The van der Waals surface area contributed by atoms with E-state index in [0.29, 0.717) is 13.1 Å². The van der Waals surface area contributed by atoms with Crippen molar-refractivity contribution in [2.45, 2.75) is 38.6 Å². The molecule has 2 aliphatic rings. The van der Waals surface area contributed by atoms with Crippen LogP contribution in [0.5, 0.6) is 0 Å². The van der Waals surface area contributed by atoms with Crippen molar-refractivity contribution < 1.29 is 8.42 Å². The summed E-state index contributed by atoms with van der Waals surface area (Å²) in [5.74, 6) is 1.58. The monoisotopic (exact) mass is 458 g/mol. The lowest BCUT2D eigenvalue weighted by atomic mass is 10.1. The Morgan fingerprint density at radius 2 is 1.72 bits per heavy atom. The van der Waals surface area contributed by atoms with Gasteiger partial charge in [0.05, 0.1) is 11.4 Å². The molecule has 8 nitrogen and oxygen atoms in total. The maximum Gasteiger partial charge on any atom is 0.227 e. The molecule has 0 amide bonds. The predicted octanol–water partition coefficient (Wildman–Crippen LogP) is 2.03. The second kappa shape index (κ2) is 10.6. The third-order valence-corrected chi connectivity index (χ3v) is 7.54. The Hall–Kier alpha value is -2.23. The van der Waals surface area contributed by atoms with Crippen molar-refractivity contribution in [2.75, 3.05) is 55.7 Å². The molecule has 1 aromatic heterocycles. The van der Waals surface area contributed by atoms with Crippen molar-refractivity contribution in [3.8, 4) is 0 Å². The number of sulfonamides is 1. The minimum Gasteiger partial charge on any atom is -0.369 e. The molecule has 1 fully saturated rings. The van der Waals surface area contributed by atoms with E-state index in [1.807, 2.05) is 30.3 Å². The number of benzene rings is 1.